The van der Waals surface area contributed by atoms with Crippen molar-refractivity contribution in [2.24, 2.45) is 0 Å². The molecule has 4 aromatic carbocycles. The average Bonchev–Trinajstić information content (AvgIpc) is 3.05. The van der Waals surface area contributed by atoms with Crippen LogP contribution in [0.5, 0.6) is 0 Å². The maximum absolute atomic E-state index is 13.5. The molecular formula is C34H30IN2O4PS. The summed E-state index contributed by atoms with van der Waals surface area (Å²) in [5, 5.41) is 16.4. The van der Waals surface area contributed by atoms with E-state index in [-0.39, 0.29) is 23.9 Å². The van der Waals surface area contributed by atoms with Crippen molar-refractivity contribution in [3.63, 3.8) is 0 Å². The van der Waals surface area contributed by atoms with Crippen LogP contribution >= 0.6 is 38.0 Å². The zero-order valence-corrected chi connectivity index (χ0v) is 27.0. The van der Waals surface area contributed by atoms with E-state index < -0.39 is 21.6 Å². The second kappa shape index (κ2) is 11.9. The van der Waals surface area contributed by atoms with Crippen molar-refractivity contribution in [2.75, 3.05) is 11.9 Å². The minimum absolute atomic E-state index is 0.0377. The van der Waals surface area contributed by atoms with Gasteiger partial charge in [-0.3, -0.25) is 0 Å². The predicted octanol–water partition coefficient (Wildman–Crippen LogP) is 4.85. The van der Waals surface area contributed by atoms with Gasteiger partial charge >= 0.3 is 263 Å². The van der Waals surface area contributed by atoms with E-state index in [1.54, 1.807) is 0 Å². The molecule has 2 N–H and O–H groups in total. The molecule has 0 aliphatic carbocycles. The predicted molar refractivity (Wildman–Crippen MR) is 184 cm³/mol. The van der Waals surface area contributed by atoms with E-state index in [1.165, 1.54) is 16.7 Å². The molecule has 218 valence electrons. The molecule has 0 saturated carbocycles. The Hall–Kier alpha value is -3.46. The number of aliphatic carboxylic acids is 1. The summed E-state index contributed by atoms with van der Waals surface area (Å²) in [5.41, 5.74) is 1.61. The Morgan fingerprint density at radius 1 is 0.814 bits per heavy atom. The summed E-state index contributed by atoms with van der Waals surface area (Å²) in [6.45, 7) is 0. The number of nitrogens with one attached hydrogen (secondary N) is 1. The van der Waals surface area contributed by atoms with E-state index >= 15 is 0 Å². The minimum atomic E-state index is -3.33. The molecule has 0 radical (unpaired) electrons. The van der Waals surface area contributed by atoms with Gasteiger partial charge in [0.1, 0.15) is 0 Å². The van der Waals surface area contributed by atoms with Crippen LogP contribution in [-0.2, 0) is 20.8 Å². The Labute approximate surface area is 268 Å². The first kappa shape index (κ1) is 29.6. The Kier molecular flexibility index (Phi) is 8.20. The van der Waals surface area contributed by atoms with Gasteiger partial charge in [-0.15, -0.1) is 0 Å². The fourth-order valence-electron chi connectivity index (χ4n) is 6.11. The van der Waals surface area contributed by atoms with Crippen LogP contribution in [-0.4, -0.2) is 51.1 Å². The molecule has 6 nitrogen and oxygen atoms in total. The molecule has 0 bridgehead atoms. The molecule has 4 aromatic rings. The molecule has 2 atom stereocenters. The molecule has 2 aliphatic heterocycles. The van der Waals surface area contributed by atoms with Crippen molar-refractivity contribution >= 4 is 71.7 Å². The monoisotopic (exact) mass is 720 g/mol. The fraction of sp³-hybridized carbons (Fsp3) is 0.147. The Balaban J connectivity index is 1.41. The van der Waals surface area contributed by atoms with Crippen LogP contribution in [0.2, 0.25) is 0 Å². The van der Waals surface area contributed by atoms with Gasteiger partial charge < -0.3 is 0 Å². The summed E-state index contributed by atoms with van der Waals surface area (Å²) in [5.74, 6) is -1.33. The normalized spacial score (nSPS) is 19.0. The van der Waals surface area contributed by atoms with Crippen molar-refractivity contribution in [1.82, 2.24) is 10.2 Å². The van der Waals surface area contributed by atoms with Gasteiger partial charge in [0.05, 0.1) is 0 Å². The van der Waals surface area contributed by atoms with Crippen LogP contribution in [0.15, 0.2) is 133 Å². The van der Waals surface area contributed by atoms with Crippen molar-refractivity contribution in [3.8, 4) is 0 Å². The fourth-order valence-corrected chi connectivity index (χ4v) is 16.5. The second-order valence-electron chi connectivity index (χ2n) is 10.7. The van der Waals surface area contributed by atoms with Crippen LogP contribution in [0.3, 0.4) is 0 Å². The van der Waals surface area contributed by atoms with Gasteiger partial charge in [0.15, 0.2) is 0 Å². The zero-order valence-electron chi connectivity index (χ0n) is 23.2. The SMILES string of the molecule is O=C(Cc1ccccc1)N[C@@H]1C(=O)N2C(C(=O)O)=C(CP(I)(c3ccccc3)(c3ccccc3)c3ccccc3)CS[C@H]12. The van der Waals surface area contributed by atoms with Crippen molar-refractivity contribution in [2.45, 2.75) is 17.8 Å². The first-order chi connectivity index (χ1) is 20.8. The van der Waals surface area contributed by atoms with Gasteiger partial charge in [0, 0.05) is 0 Å². The molecule has 2 heterocycles. The number of carboxylic acids is 1. The molecule has 0 unspecified atom stereocenters. The molecule has 43 heavy (non-hydrogen) atoms. The number of hydrogen-bond donors (Lipinski definition) is 2. The number of halogens is 1. The average molecular weight is 721 g/mol. The number of rotatable bonds is 9. The Bertz CT molecular complexity index is 1600. The Morgan fingerprint density at radius 2 is 1.28 bits per heavy atom. The number of nitrogens with zero attached hydrogens (tertiary/aromatic N) is 1. The number of fused-ring (bicyclic) bond motifs is 1. The quantitative estimate of drug-likeness (QED) is 0.147. The standard InChI is InChI=1S/C34H30IN2O4PS/c35-42(26-15-7-2-8-16-26,27-17-9-3-10-18-27,28-19-11-4-12-20-28)22-25-23-43-33-30(32(39)37(33)31(25)34(40)41)36-29(38)21-24-13-5-1-6-14-24/h1-20,30,33H,21-23H2,(H,36,38)(H,40,41)/t30-,33-/m1/s1. The third kappa shape index (κ3) is 5.19. The number of β-lactam (4-membered cyclic amide) rings is 1. The number of carbonyl (C=O) groups is 3. The van der Waals surface area contributed by atoms with E-state index in [9.17, 15) is 19.5 Å². The summed E-state index contributed by atoms with van der Waals surface area (Å²) >= 11 is 4.16. The van der Waals surface area contributed by atoms with Crippen LogP contribution in [0.1, 0.15) is 5.56 Å². The van der Waals surface area contributed by atoms with Gasteiger partial charge in [-0.25, -0.2) is 0 Å². The summed E-state index contributed by atoms with van der Waals surface area (Å²) in [6.07, 6.45) is 0.615. The summed E-state index contributed by atoms with van der Waals surface area (Å²) in [6, 6.07) is 39.5. The molecule has 9 heteroatoms. The number of amides is 2. The van der Waals surface area contributed by atoms with Crippen LogP contribution in [0, 0.1) is 0 Å². The molecule has 0 aromatic heterocycles. The number of carboxylic acid groups (broad SMARTS) is 1. The van der Waals surface area contributed by atoms with Gasteiger partial charge in [-0.05, 0) is 0 Å². The molecule has 1 saturated heterocycles. The Morgan fingerprint density at radius 3 is 1.74 bits per heavy atom. The summed E-state index contributed by atoms with van der Waals surface area (Å²) in [7, 11) is 0. The first-order valence-corrected chi connectivity index (χ1v) is 20.2. The molecule has 6 rings (SSSR count). The second-order valence-corrected chi connectivity index (χ2v) is 22.4. The van der Waals surface area contributed by atoms with E-state index in [0.717, 1.165) is 27.1 Å². The third-order valence-electron chi connectivity index (χ3n) is 8.15. The molecule has 2 aliphatic rings. The van der Waals surface area contributed by atoms with Gasteiger partial charge in [0.2, 0.25) is 0 Å². The maximum atomic E-state index is 13.5. The zero-order chi connectivity index (χ0) is 30.1. The molecule has 2 amide bonds. The summed E-state index contributed by atoms with van der Waals surface area (Å²) < 4.78 is -3.33. The van der Waals surface area contributed by atoms with Crippen LogP contribution in [0.25, 0.3) is 0 Å². The summed E-state index contributed by atoms with van der Waals surface area (Å²) in [4.78, 5) is 40.6. The van der Waals surface area contributed by atoms with E-state index in [2.05, 4.69) is 63.8 Å². The number of thioether (sulfide) groups is 1. The van der Waals surface area contributed by atoms with Gasteiger partial charge in [-0.1, -0.05) is 6.07 Å². The third-order valence-corrected chi connectivity index (χ3v) is 20.6. The van der Waals surface area contributed by atoms with Crippen molar-refractivity contribution in [1.29, 1.82) is 0 Å². The van der Waals surface area contributed by atoms with Crippen molar-refractivity contribution < 1.29 is 19.5 Å². The number of carbonyl (C=O) groups excluding carboxylic acids is 2. The van der Waals surface area contributed by atoms with Crippen molar-refractivity contribution in [3.05, 3.63) is 138 Å². The number of benzene rings is 4. The first-order valence-electron chi connectivity index (χ1n) is 13.9. The molecule has 1 fully saturated rings. The van der Waals surface area contributed by atoms with Crippen LogP contribution in [0.4, 0.5) is 0 Å². The van der Waals surface area contributed by atoms with Crippen LogP contribution < -0.4 is 21.2 Å². The van der Waals surface area contributed by atoms with E-state index in [1.807, 2.05) is 84.9 Å². The van der Waals surface area contributed by atoms with E-state index in [4.69, 9.17) is 0 Å². The molecule has 0 spiro atoms. The number of hydrogen-bond acceptors (Lipinski definition) is 4. The molecular weight excluding hydrogens is 690 g/mol. The van der Waals surface area contributed by atoms with Gasteiger partial charge in [-0.2, -0.15) is 0 Å². The topological polar surface area (TPSA) is 86.7 Å². The van der Waals surface area contributed by atoms with Gasteiger partial charge in [0.25, 0.3) is 0 Å². The van der Waals surface area contributed by atoms with E-state index in [0.29, 0.717) is 11.9 Å².